The van der Waals surface area contributed by atoms with Crippen molar-refractivity contribution >= 4 is 5.97 Å². The fourth-order valence-electron chi connectivity index (χ4n) is 1.33. The molecular weight excluding hydrogens is 200 g/mol. The monoisotopic (exact) mass is 220 g/mol. The molecule has 0 heterocycles. The second-order valence-corrected chi connectivity index (χ2v) is 5.38. The van der Waals surface area contributed by atoms with E-state index in [4.69, 9.17) is 4.74 Å². The lowest BCUT2D eigenvalue weighted by Crippen LogP contribution is -2.19. The molecule has 2 nitrogen and oxygen atoms in total. The van der Waals surface area contributed by atoms with Gasteiger partial charge in [-0.3, -0.25) is 0 Å². The number of hydrogen-bond acceptors (Lipinski definition) is 2. The van der Waals surface area contributed by atoms with Crippen LogP contribution in [0.4, 0.5) is 0 Å². The molecule has 1 aromatic rings. The van der Waals surface area contributed by atoms with E-state index < -0.39 is 0 Å². The van der Waals surface area contributed by atoms with Crippen molar-refractivity contribution in [3.05, 3.63) is 34.9 Å². The van der Waals surface area contributed by atoms with E-state index in [2.05, 4.69) is 0 Å². The van der Waals surface area contributed by atoms with Gasteiger partial charge in [-0.15, -0.1) is 0 Å². The van der Waals surface area contributed by atoms with Crippen LogP contribution in [0.1, 0.15) is 42.3 Å². The molecular formula is C14H20O2. The number of ether oxygens (including phenoxy) is 1. The minimum atomic E-state index is -0.226. The average molecular weight is 220 g/mol. The first-order valence-electron chi connectivity index (χ1n) is 5.54. The van der Waals surface area contributed by atoms with Gasteiger partial charge < -0.3 is 4.74 Å². The standard InChI is InChI=1S/C14H20O2/c1-10-7-6-8-12(11(10)2)13(15)16-9-14(3,4)5/h6-8H,9H2,1-5H3. The first-order chi connectivity index (χ1) is 7.31. The molecule has 0 N–H and O–H groups in total. The van der Waals surface area contributed by atoms with Gasteiger partial charge in [-0.25, -0.2) is 4.79 Å². The summed E-state index contributed by atoms with van der Waals surface area (Å²) in [6.45, 7) is 10.5. The predicted molar refractivity (Wildman–Crippen MR) is 65.7 cm³/mol. The van der Waals surface area contributed by atoms with E-state index in [1.165, 1.54) is 0 Å². The lowest BCUT2D eigenvalue weighted by Gasteiger charge is -2.18. The third kappa shape index (κ3) is 3.37. The van der Waals surface area contributed by atoms with Gasteiger partial charge in [0.2, 0.25) is 0 Å². The summed E-state index contributed by atoms with van der Waals surface area (Å²) in [7, 11) is 0. The van der Waals surface area contributed by atoms with Crippen molar-refractivity contribution < 1.29 is 9.53 Å². The number of carbonyl (C=O) groups is 1. The highest BCUT2D eigenvalue weighted by Crippen LogP contribution is 2.17. The molecule has 2 heteroatoms. The minimum Gasteiger partial charge on any atom is -0.462 e. The van der Waals surface area contributed by atoms with Crippen LogP contribution in [0.2, 0.25) is 0 Å². The Labute approximate surface area is 97.6 Å². The lowest BCUT2D eigenvalue weighted by atomic mass is 9.98. The number of aryl methyl sites for hydroxylation is 1. The number of esters is 1. The summed E-state index contributed by atoms with van der Waals surface area (Å²) < 4.78 is 5.29. The SMILES string of the molecule is Cc1cccc(C(=O)OCC(C)(C)C)c1C. The van der Waals surface area contributed by atoms with Crippen LogP contribution in [0.15, 0.2) is 18.2 Å². The molecule has 0 fully saturated rings. The van der Waals surface area contributed by atoms with E-state index in [-0.39, 0.29) is 11.4 Å². The Morgan fingerprint density at radius 3 is 2.44 bits per heavy atom. The number of hydrogen-bond donors (Lipinski definition) is 0. The smallest absolute Gasteiger partial charge is 0.338 e. The Balaban J connectivity index is 2.78. The molecule has 0 saturated heterocycles. The molecule has 0 amide bonds. The van der Waals surface area contributed by atoms with Gasteiger partial charge >= 0.3 is 5.97 Å². The summed E-state index contributed by atoms with van der Waals surface area (Å²) >= 11 is 0. The molecule has 0 unspecified atom stereocenters. The van der Waals surface area contributed by atoms with Crippen molar-refractivity contribution in [2.75, 3.05) is 6.61 Å². The Morgan fingerprint density at radius 2 is 1.88 bits per heavy atom. The third-order valence-corrected chi connectivity index (χ3v) is 2.46. The van der Waals surface area contributed by atoms with Crippen LogP contribution < -0.4 is 0 Å². The second kappa shape index (κ2) is 4.69. The van der Waals surface area contributed by atoms with Crippen LogP contribution in [-0.4, -0.2) is 12.6 Å². The molecule has 0 aliphatic heterocycles. The van der Waals surface area contributed by atoms with Gasteiger partial charge in [0, 0.05) is 0 Å². The molecule has 1 rings (SSSR count). The van der Waals surface area contributed by atoms with E-state index in [1.807, 2.05) is 52.8 Å². The molecule has 16 heavy (non-hydrogen) atoms. The Hall–Kier alpha value is -1.31. The molecule has 0 aliphatic carbocycles. The zero-order chi connectivity index (χ0) is 12.3. The molecule has 1 aromatic carbocycles. The van der Waals surface area contributed by atoms with Gasteiger partial charge in [0.15, 0.2) is 0 Å². The Morgan fingerprint density at radius 1 is 1.25 bits per heavy atom. The Bertz CT molecular complexity index is 386. The maximum Gasteiger partial charge on any atom is 0.338 e. The second-order valence-electron chi connectivity index (χ2n) is 5.38. The topological polar surface area (TPSA) is 26.3 Å². The van der Waals surface area contributed by atoms with E-state index in [9.17, 15) is 4.79 Å². The molecule has 0 spiro atoms. The molecule has 0 bridgehead atoms. The molecule has 0 aromatic heterocycles. The summed E-state index contributed by atoms with van der Waals surface area (Å²) in [5.74, 6) is -0.226. The summed E-state index contributed by atoms with van der Waals surface area (Å²) in [5, 5.41) is 0. The lowest BCUT2D eigenvalue weighted by molar-refractivity contribution is 0.0366. The van der Waals surface area contributed by atoms with E-state index in [0.717, 1.165) is 11.1 Å². The van der Waals surface area contributed by atoms with Crippen LogP contribution in [0.25, 0.3) is 0 Å². The van der Waals surface area contributed by atoms with Gasteiger partial charge in [-0.05, 0) is 36.5 Å². The third-order valence-electron chi connectivity index (χ3n) is 2.46. The van der Waals surface area contributed by atoms with Crippen LogP contribution in [0.5, 0.6) is 0 Å². The van der Waals surface area contributed by atoms with E-state index >= 15 is 0 Å². The van der Waals surface area contributed by atoms with Gasteiger partial charge in [0.1, 0.15) is 0 Å². The molecule has 0 aliphatic rings. The minimum absolute atomic E-state index is 0.00733. The van der Waals surface area contributed by atoms with Crippen LogP contribution >= 0.6 is 0 Å². The molecule has 0 radical (unpaired) electrons. The normalized spacial score (nSPS) is 11.3. The fourth-order valence-corrected chi connectivity index (χ4v) is 1.33. The summed E-state index contributed by atoms with van der Waals surface area (Å²) in [6, 6.07) is 5.69. The first-order valence-corrected chi connectivity index (χ1v) is 5.54. The molecule has 88 valence electrons. The zero-order valence-corrected chi connectivity index (χ0v) is 10.8. The first kappa shape index (κ1) is 12.8. The van der Waals surface area contributed by atoms with Crippen LogP contribution in [0.3, 0.4) is 0 Å². The van der Waals surface area contributed by atoms with Crippen molar-refractivity contribution in [1.82, 2.24) is 0 Å². The van der Waals surface area contributed by atoms with Crippen LogP contribution in [-0.2, 0) is 4.74 Å². The largest absolute Gasteiger partial charge is 0.462 e. The van der Waals surface area contributed by atoms with Crippen molar-refractivity contribution in [3.63, 3.8) is 0 Å². The summed E-state index contributed by atoms with van der Waals surface area (Å²) in [4.78, 5) is 11.8. The van der Waals surface area contributed by atoms with E-state index in [0.29, 0.717) is 12.2 Å². The van der Waals surface area contributed by atoms with Crippen molar-refractivity contribution in [2.24, 2.45) is 5.41 Å². The number of rotatable bonds is 2. The fraction of sp³-hybridized carbons (Fsp3) is 0.500. The highest BCUT2D eigenvalue weighted by atomic mass is 16.5. The van der Waals surface area contributed by atoms with Crippen molar-refractivity contribution in [3.8, 4) is 0 Å². The van der Waals surface area contributed by atoms with E-state index in [1.54, 1.807) is 0 Å². The summed E-state index contributed by atoms with van der Waals surface area (Å²) in [5.41, 5.74) is 2.80. The van der Waals surface area contributed by atoms with Crippen molar-refractivity contribution in [2.45, 2.75) is 34.6 Å². The molecule has 0 atom stereocenters. The average Bonchev–Trinajstić information content (AvgIpc) is 2.17. The molecule has 0 saturated carbocycles. The highest BCUT2D eigenvalue weighted by Gasteiger charge is 2.16. The highest BCUT2D eigenvalue weighted by molar-refractivity contribution is 5.91. The Kier molecular flexibility index (Phi) is 3.74. The van der Waals surface area contributed by atoms with Gasteiger partial charge in [-0.2, -0.15) is 0 Å². The zero-order valence-electron chi connectivity index (χ0n) is 10.8. The maximum atomic E-state index is 11.8. The predicted octanol–water partition coefficient (Wildman–Crippen LogP) is 3.51. The number of benzene rings is 1. The van der Waals surface area contributed by atoms with Crippen molar-refractivity contribution in [1.29, 1.82) is 0 Å². The van der Waals surface area contributed by atoms with Gasteiger partial charge in [0.05, 0.1) is 12.2 Å². The van der Waals surface area contributed by atoms with Gasteiger partial charge in [-0.1, -0.05) is 32.9 Å². The summed E-state index contributed by atoms with van der Waals surface area (Å²) in [6.07, 6.45) is 0. The van der Waals surface area contributed by atoms with Gasteiger partial charge in [0.25, 0.3) is 0 Å². The maximum absolute atomic E-state index is 11.8. The quantitative estimate of drug-likeness (QED) is 0.713. The number of carbonyl (C=O) groups excluding carboxylic acids is 1. The van der Waals surface area contributed by atoms with Crippen LogP contribution in [0, 0.1) is 19.3 Å².